The fourth-order valence-corrected chi connectivity index (χ4v) is 5.08. The van der Waals surface area contributed by atoms with Gasteiger partial charge in [0.05, 0.1) is 0 Å². The maximum Gasteiger partial charge on any atom is 0.282 e. The third-order valence-electron chi connectivity index (χ3n) is 4.00. The van der Waals surface area contributed by atoms with Crippen molar-refractivity contribution in [2.45, 2.75) is 19.8 Å². The third-order valence-corrected chi connectivity index (χ3v) is 6.36. The number of piperazine rings is 1. The monoisotopic (exact) mass is 353 g/mol. The van der Waals surface area contributed by atoms with Crippen molar-refractivity contribution in [1.29, 1.82) is 0 Å². The Hall–Kier alpha value is 0.310. The van der Waals surface area contributed by atoms with Crippen LogP contribution in [0.2, 0.25) is 0 Å². The zero-order chi connectivity index (χ0) is 13.9. The maximum atomic E-state index is 12.6. The molecule has 1 atom stereocenters. The molecule has 0 aromatic rings. The number of hydrogen-bond acceptors (Lipinski definition) is 3. The molecule has 2 aliphatic heterocycles. The summed E-state index contributed by atoms with van der Waals surface area (Å²) in [6, 6.07) is 0. The van der Waals surface area contributed by atoms with Crippen LogP contribution in [0, 0.1) is 5.92 Å². The Bertz CT molecular complexity index is 382. The van der Waals surface area contributed by atoms with Crippen LogP contribution in [0.25, 0.3) is 0 Å². The molecule has 7 heteroatoms. The van der Waals surface area contributed by atoms with Crippen molar-refractivity contribution in [1.82, 2.24) is 13.5 Å². The lowest BCUT2D eigenvalue weighted by atomic mass is 10.0. The molecule has 2 rings (SSSR count). The van der Waals surface area contributed by atoms with Gasteiger partial charge in [-0.05, 0) is 18.8 Å². The average Bonchev–Trinajstić information content (AvgIpc) is 2.40. The van der Waals surface area contributed by atoms with E-state index in [4.69, 9.17) is 0 Å². The highest BCUT2D eigenvalue weighted by molar-refractivity contribution is 9.09. The van der Waals surface area contributed by atoms with E-state index in [1.54, 1.807) is 8.61 Å². The van der Waals surface area contributed by atoms with E-state index in [1.807, 2.05) is 0 Å². The first-order valence-electron chi connectivity index (χ1n) is 7.07. The summed E-state index contributed by atoms with van der Waals surface area (Å²) in [5.74, 6) is 0.484. The predicted octanol–water partition coefficient (Wildman–Crippen LogP) is 0.976. The van der Waals surface area contributed by atoms with E-state index in [-0.39, 0.29) is 0 Å². The fraction of sp³-hybridized carbons (Fsp3) is 1.00. The fourth-order valence-electron chi connectivity index (χ4n) is 2.82. The normalized spacial score (nSPS) is 28.6. The molecule has 0 aliphatic carbocycles. The highest BCUT2D eigenvalue weighted by atomic mass is 79.9. The molecule has 0 aromatic heterocycles. The van der Waals surface area contributed by atoms with Gasteiger partial charge < -0.3 is 0 Å². The van der Waals surface area contributed by atoms with E-state index in [1.165, 1.54) is 0 Å². The molecule has 0 spiro atoms. The highest BCUT2D eigenvalue weighted by Crippen LogP contribution is 2.21. The van der Waals surface area contributed by atoms with Gasteiger partial charge >= 0.3 is 0 Å². The molecular weight excluding hydrogens is 330 g/mol. The lowest BCUT2D eigenvalue weighted by molar-refractivity contribution is 0.183. The molecule has 5 nitrogen and oxygen atoms in total. The van der Waals surface area contributed by atoms with Gasteiger partial charge in [0, 0.05) is 51.1 Å². The molecule has 2 aliphatic rings. The first kappa shape index (κ1) is 15.7. The van der Waals surface area contributed by atoms with E-state index in [9.17, 15) is 8.42 Å². The second-order valence-electron chi connectivity index (χ2n) is 5.54. The summed E-state index contributed by atoms with van der Waals surface area (Å²) in [6.07, 6.45) is 2.13. The van der Waals surface area contributed by atoms with Crippen LogP contribution in [0.5, 0.6) is 0 Å². The molecular formula is C12H24BrN3O2S. The van der Waals surface area contributed by atoms with Crippen LogP contribution >= 0.6 is 15.9 Å². The van der Waals surface area contributed by atoms with Gasteiger partial charge in [0.2, 0.25) is 0 Å². The topological polar surface area (TPSA) is 43.9 Å². The van der Waals surface area contributed by atoms with Crippen LogP contribution in [0.4, 0.5) is 0 Å². The maximum absolute atomic E-state index is 12.6. The molecule has 2 heterocycles. The standard InChI is InChI=1S/C12H24BrN3O2S/c1-12-3-2-5-16(11-12)19(17,18)15-9-7-14(6-4-13)8-10-15/h12H,2-11H2,1H3. The minimum atomic E-state index is -3.23. The summed E-state index contributed by atoms with van der Waals surface area (Å²) in [5.41, 5.74) is 0. The molecule has 1 unspecified atom stereocenters. The largest absolute Gasteiger partial charge is 0.300 e. The highest BCUT2D eigenvalue weighted by Gasteiger charge is 2.34. The first-order valence-corrected chi connectivity index (χ1v) is 9.59. The Morgan fingerprint density at radius 2 is 1.79 bits per heavy atom. The number of alkyl halides is 1. The molecule has 0 N–H and O–H groups in total. The molecule has 0 saturated carbocycles. The number of halogens is 1. The molecule has 2 fully saturated rings. The quantitative estimate of drug-likeness (QED) is 0.707. The first-order chi connectivity index (χ1) is 9.04. The Morgan fingerprint density at radius 1 is 1.11 bits per heavy atom. The predicted molar refractivity (Wildman–Crippen MR) is 80.7 cm³/mol. The van der Waals surface area contributed by atoms with Gasteiger partial charge in [-0.25, -0.2) is 0 Å². The second kappa shape index (κ2) is 6.85. The molecule has 0 radical (unpaired) electrons. The Kier molecular flexibility index (Phi) is 5.65. The molecule has 0 amide bonds. The third kappa shape index (κ3) is 3.91. The van der Waals surface area contributed by atoms with Crippen molar-refractivity contribution in [3.8, 4) is 0 Å². The van der Waals surface area contributed by atoms with E-state index in [0.717, 1.165) is 37.8 Å². The van der Waals surface area contributed by atoms with Crippen molar-refractivity contribution < 1.29 is 8.42 Å². The number of hydrogen-bond donors (Lipinski definition) is 0. The van der Waals surface area contributed by atoms with Gasteiger partial charge in [-0.15, -0.1) is 0 Å². The summed E-state index contributed by atoms with van der Waals surface area (Å²) in [4.78, 5) is 2.31. The summed E-state index contributed by atoms with van der Waals surface area (Å²) in [6.45, 7) is 7.44. The summed E-state index contributed by atoms with van der Waals surface area (Å²) in [7, 11) is -3.23. The van der Waals surface area contributed by atoms with Gasteiger partial charge in [0.15, 0.2) is 0 Å². The van der Waals surface area contributed by atoms with Crippen LogP contribution in [0.1, 0.15) is 19.8 Å². The molecule has 19 heavy (non-hydrogen) atoms. The van der Waals surface area contributed by atoms with Crippen LogP contribution < -0.4 is 0 Å². The van der Waals surface area contributed by atoms with Crippen LogP contribution in [0.3, 0.4) is 0 Å². The molecule has 0 aromatic carbocycles. The van der Waals surface area contributed by atoms with Crippen molar-refractivity contribution in [3.05, 3.63) is 0 Å². The Balaban J connectivity index is 1.93. The zero-order valence-corrected chi connectivity index (χ0v) is 14.0. The van der Waals surface area contributed by atoms with E-state index < -0.39 is 10.2 Å². The lowest BCUT2D eigenvalue weighted by Crippen LogP contribution is -2.54. The summed E-state index contributed by atoms with van der Waals surface area (Å²) in [5, 5.41) is 0.948. The Labute approximate surface area is 125 Å². The molecule has 112 valence electrons. The minimum absolute atomic E-state index is 0.484. The number of rotatable bonds is 4. The number of nitrogens with zero attached hydrogens (tertiary/aromatic N) is 3. The van der Waals surface area contributed by atoms with Crippen LogP contribution in [-0.2, 0) is 10.2 Å². The van der Waals surface area contributed by atoms with E-state index >= 15 is 0 Å². The molecule has 0 bridgehead atoms. The van der Waals surface area contributed by atoms with Gasteiger partial charge in [0.1, 0.15) is 0 Å². The van der Waals surface area contributed by atoms with Crippen molar-refractivity contribution in [2.75, 3.05) is 51.1 Å². The van der Waals surface area contributed by atoms with E-state index in [0.29, 0.717) is 32.1 Å². The number of piperidine rings is 1. The van der Waals surface area contributed by atoms with Crippen molar-refractivity contribution in [3.63, 3.8) is 0 Å². The minimum Gasteiger partial charge on any atom is -0.300 e. The van der Waals surface area contributed by atoms with Crippen molar-refractivity contribution in [2.24, 2.45) is 5.92 Å². The van der Waals surface area contributed by atoms with Gasteiger partial charge in [0.25, 0.3) is 10.2 Å². The summed E-state index contributed by atoms with van der Waals surface area (Å²) >= 11 is 3.43. The van der Waals surface area contributed by atoms with Gasteiger partial charge in [-0.3, -0.25) is 4.90 Å². The van der Waals surface area contributed by atoms with Gasteiger partial charge in [-0.1, -0.05) is 22.9 Å². The molecule has 2 saturated heterocycles. The van der Waals surface area contributed by atoms with Crippen LogP contribution in [0.15, 0.2) is 0 Å². The average molecular weight is 354 g/mol. The summed E-state index contributed by atoms with van der Waals surface area (Å²) < 4.78 is 28.5. The lowest BCUT2D eigenvalue weighted by Gasteiger charge is -2.38. The van der Waals surface area contributed by atoms with E-state index in [2.05, 4.69) is 27.8 Å². The smallest absolute Gasteiger partial charge is 0.282 e. The second-order valence-corrected chi connectivity index (χ2v) is 8.26. The SMILES string of the molecule is CC1CCCN(S(=O)(=O)N2CCN(CCBr)CC2)C1. The Morgan fingerprint density at radius 3 is 2.37 bits per heavy atom. The van der Waals surface area contributed by atoms with Crippen molar-refractivity contribution >= 4 is 26.1 Å². The zero-order valence-electron chi connectivity index (χ0n) is 11.6. The van der Waals surface area contributed by atoms with Gasteiger partial charge in [-0.2, -0.15) is 17.0 Å². The van der Waals surface area contributed by atoms with Crippen LogP contribution in [-0.4, -0.2) is 73.1 Å².